The fraction of sp³-hybridized carbons (Fsp3) is 0.412. The lowest BCUT2D eigenvalue weighted by Gasteiger charge is -2.22. The minimum Gasteiger partial charge on any atom is -0.352 e. The average Bonchev–Trinajstić information content (AvgIpc) is 2.71. The molecule has 4 amide bonds. The van der Waals surface area contributed by atoms with Crippen LogP contribution in [0.25, 0.3) is 0 Å². The minimum atomic E-state index is -1.37. The number of carbonyl (C=O) groups excluding carboxylic acids is 4. The van der Waals surface area contributed by atoms with E-state index in [1.807, 2.05) is 0 Å². The highest BCUT2D eigenvalue weighted by atomic mass is 19.1. The number of ketones is 1. The summed E-state index contributed by atoms with van der Waals surface area (Å²) in [5, 5.41) is 5.11. The van der Waals surface area contributed by atoms with Crippen LogP contribution in [-0.4, -0.2) is 41.1 Å². The van der Waals surface area contributed by atoms with Gasteiger partial charge in [-0.25, -0.2) is 9.18 Å². The summed E-state index contributed by atoms with van der Waals surface area (Å²) in [5.74, 6) is -1.68. The Morgan fingerprint density at radius 3 is 2.44 bits per heavy atom. The van der Waals surface area contributed by atoms with Gasteiger partial charge < -0.3 is 10.6 Å². The third-order valence-electron chi connectivity index (χ3n) is 4.00. The van der Waals surface area contributed by atoms with E-state index in [4.69, 9.17) is 0 Å². The molecule has 0 radical (unpaired) electrons. The second-order valence-corrected chi connectivity index (χ2v) is 6.33. The maximum atomic E-state index is 13.1. The van der Waals surface area contributed by atoms with Crippen molar-refractivity contribution in [2.24, 2.45) is 0 Å². The lowest BCUT2D eigenvalue weighted by atomic mass is 9.92. The van der Waals surface area contributed by atoms with Crippen molar-refractivity contribution in [3.63, 3.8) is 0 Å². The van der Waals surface area contributed by atoms with Gasteiger partial charge in [0.15, 0.2) is 0 Å². The number of nitrogens with one attached hydrogen (secondary N) is 2. The summed E-state index contributed by atoms with van der Waals surface area (Å²) in [7, 11) is 0. The first kappa shape index (κ1) is 18.6. The molecule has 8 heteroatoms. The van der Waals surface area contributed by atoms with Crippen LogP contribution in [-0.2, 0) is 19.9 Å². The summed E-state index contributed by atoms with van der Waals surface area (Å²) in [6.07, 6.45) is 0.166. The van der Waals surface area contributed by atoms with Crippen molar-refractivity contribution < 1.29 is 23.6 Å². The Bertz CT molecular complexity index is 719. The van der Waals surface area contributed by atoms with Crippen LogP contribution in [0.3, 0.4) is 0 Å². The largest absolute Gasteiger partial charge is 0.352 e. The van der Waals surface area contributed by atoms with Crippen LogP contribution in [0.2, 0.25) is 0 Å². The van der Waals surface area contributed by atoms with Gasteiger partial charge in [0.25, 0.3) is 5.91 Å². The molecule has 25 heavy (non-hydrogen) atoms. The fourth-order valence-corrected chi connectivity index (χ4v) is 2.77. The van der Waals surface area contributed by atoms with Crippen molar-refractivity contribution in [1.82, 2.24) is 15.5 Å². The number of imide groups is 1. The summed E-state index contributed by atoms with van der Waals surface area (Å²) >= 11 is 0. The van der Waals surface area contributed by atoms with Crippen molar-refractivity contribution in [3.05, 3.63) is 35.6 Å². The van der Waals surface area contributed by atoms with Gasteiger partial charge in [-0.1, -0.05) is 12.1 Å². The quantitative estimate of drug-likeness (QED) is 0.751. The van der Waals surface area contributed by atoms with Gasteiger partial charge in [-0.15, -0.1) is 0 Å². The first-order valence-corrected chi connectivity index (χ1v) is 7.82. The highest BCUT2D eigenvalue weighted by Gasteiger charge is 2.49. The average molecular weight is 349 g/mol. The van der Waals surface area contributed by atoms with Crippen LogP contribution in [0.15, 0.2) is 24.3 Å². The van der Waals surface area contributed by atoms with Crippen molar-refractivity contribution in [3.8, 4) is 0 Å². The molecule has 2 N–H and O–H groups in total. The lowest BCUT2D eigenvalue weighted by Crippen LogP contribution is -2.45. The van der Waals surface area contributed by atoms with Gasteiger partial charge in [0.1, 0.15) is 23.7 Å². The Morgan fingerprint density at radius 1 is 1.28 bits per heavy atom. The Labute approximate surface area is 144 Å². The SMILES string of the molecule is CC(=O)C[C@@H](C)NC(=O)CN1C(=O)N[C@@](C)(c2ccc(F)cc2)C1=O. The summed E-state index contributed by atoms with van der Waals surface area (Å²) in [4.78, 5) is 48.6. The van der Waals surface area contributed by atoms with Crippen LogP contribution >= 0.6 is 0 Å². The van der Waals surface area contributed by atoms with E-state index in [9.17, 15) is 23.6 Å². The normalized spacial score (nSPS) is 21.0. The molecule has 1 fully saturated rings. The molecule has 1 aliphatic rings. The van der Waals surface area contributed by atoms with Gasteiger partial charge in [0.2, 0.25) is 5.91 Å². The molecule has 0 unspecified atom stereocenters. The zero-order valence-corrected chi connectivity index (χ0v) is 14.3. The molecule has 1 aromatic carbocycles. The number of rotatable bonds is 6. The number of halogens is 1. The van der Waals surface area contributed by atoms with E-state index in [2.05, 4.69) is 10.6 Å². The van der Waals surface area contributed by atoms with Gasteiger partial charge in [-0.05, 0) is 38.5 Å². The van der Waals surface area contributed by atoms with Gasteiger partial charge in [0, 0.05) is 12.5 Å². The molecule has 0 spiro atoms. The molecule has 134 valence electrons. The van der Waals surface area contributed by atoms with Crippen LogP contribution in [0.4, 0.5) is 9.18 Å². The van der Waals surface area contributed by atoms with E-state index >= 15 is 0 Å². The minimum absolute atomic E-state index is 0.0772. The van der Waals surface area contributed by atoms with Crippen molar-refractivity contribution in [2.75, 3.05) is 6.54 Å². The standard InChI is InChI=1S/C17H20FN3O4/c1-10(8-11(2)22)19-14(23)9-21-15(24)17(3,20-16(21)25)12-4-6-13(18)7-5-12/h4-7,10H,8-9H2,1-3H3,(H,19,23)(H,20,25)/t10-,17+/m1/s1. The maximum absolute atomic E-state index is 13.1. The number of carbonyl (C=O) groups is 4. The molecular weight excluding hydrogens is 329 g/mol. The molecule has 0 aliphatic carbocycles. The molecule has 1 heterocycles. The number of benzene rings is 1. The molecule has 1 saturated heterocycles. The monoisotopic (exact) mass is 349 g/mol. The Balaban J connectivity index is 2.09. The molecule has 2 atom stereocenters. The first-order valence-electron chi connectivity index (χ1n) is 7.82. The van der Waals surface area contributed by atoms with Crippen LogP contribution in [0.1, 0.15) is 32.8 Å². The first-order chi connectivity index (χ1) is 11.6. The van der Waals surface area contributed by atoms with Gasteiger partial charge in [-0.2, -0.15) is 0 Å². The van der Waals surface area contributed by atoms with Gasteiger partial charge in [0.05, 0.1) is 0 Å². The second kappa shape index (κ2) is 7.00. The highest BCUT2D eigenvalue weighted by molar-refractivity contribution is 6.09. The summed E-state index contributed by atoms with van der Waals surface area (Å²) in [5.41, 5.74) is -0.948. The summed E-state index contributed by atoms with van der Waals surface area (Å²) in [6, 6.07) is 4.11. The third-order valence-corrected chi connectivity index (χ3v) is 4.00. The topological polar surface area (TPSA) is 95.6 Å². The second-order valence-electron chi connectivity index (χ2n) is 6.33. The molecule has 0 bridgehead atoms. The summed E-state index contributed by atoms with van der Waals surface area (Å²) in [6.45, 7) is 4.11. The number of Topliss-reactive ketones (excluding diaryl/α,β-unsaturated/α-hetero) is 1. The Hall–Kier alpha value is -2.77. The van der Waals surface area contributed by atoms with Crippen LogP contribution in [0, 0.1) is 5.82 Å². The third kappa shape index (κ3) is 4.01. The molecule has 0 aromatic heterocycles. The van der Waals surface area contributed by atoms with E-state index in [-0.39, 0.29) is 12.2 Å². The number of amides is 4. The number of hydrogen-bond acceptors (Lipinski definition) is 4. The van der Waals surface area contributed by atoms with E-state index in [0.717, 1.165) is 4.90 Å². The Kier molecular flexibility index (Phi) is 5.20. The van der Waals surface area contributed by atoms with Crippen molar-refractivity contribution >= 4 is 23.6 Å². The van der Waals surface area contributed by atoms with E-state index in [0.29, 0.717) is 5.56 Å². The van der Waals surface area contributed by atoms with Gasteiger partial charge in [-0.3, -0.25) is 19.3 Å². The molecule has 0 saturated carbocycles. The zero-order chi connectivity index (χ0) is 18.8. The van der Waals surface area contributed by atoms with E-state index in [1.165, 1.54) is 38.1 Å². The van der Waals surface area contributed by atoms with Gasteiger partial charge >= 0.3 is 6.03 Å². The maximum Gasteiger partial charge on any atom is 0.325 e. The molecule has 2 rings (SSSR count). The lowest BCUT2D eigenvalue weighted by molar-refractivity contribution is -0.135. The fourth-order valence-electron chi connectivity index (χ4n) is 2.77. The predicted molar refractivity (Wildman–Crippen MR) is 86.9 cm³/mol. The molecule has 7 nitrogen and oxygen atoms in total. The number of nitrogens with zero attached hydrogens (tertiary/aromatic N) is 1. The highest BCUT2D eigenvalue weighted by Crippen LogP contribution is 2.28. The zero-order valence-electron chi connectivity index (χ0n) is 14.3. The van der Waals surface area contributed by atoms with Crippen molar-refractivity contribution in [1.29, 1.82) is 0 Å². The summed E-state index contributed by atoms with van der Waals surface area (Å²) < 4.78 is 13.1. The number of hydrogen-bond donors (Lipinski definition) is 2. The smallest absolute Gasteiger partial charge is 0.325 e. The predicted octanol–water partition coefficient (Wildman–Crippen LogP) is 1.08. The molecular formula is C17H20FN3O4. The van der Waals surface area contributed by atoms with E-state index < -0.39 is 41.8 Å². The number of urea groups is 1. The van der Waals surface area contributed by atoms with Crippen molar-refractivity contribution in [2.45, 2.75) is 38.8 Å². The van der Waals surface area contributed by atoms with Crippen LogP contribution in [0.5, 0.6) is 0 Å². The molecule has 1 aromatic rings. The van der Waals surface area contributed by atoms with E-state index in [1.54, 1.807) is 6.92 Å². The van der Waals surface area contributed by atoms with Crippen LogP contribution < -0.4 is 10.6 Å². The molecule has 1 aliphatic heterocycles. The Morgan fingerprint density at radius 2 is 1.88 bits per heavy atom.